The van der Waals surface area contributed by atoms with E-state index in [1.54, 1.807) is 0 Å². The Balaban J connectivity index is 1.80. The molecule has 10 N–H and O–H groups in total. The zero-order valence-electron chi connectivity index (χ0n) is 22.1. The summed E-state index contributed by atoms with van der Waals surface area (Å²) in [6.45, 7) is -0.763. The van der Waals surface area contributed by atoms with E-state index < -0.39 is 106 Å². The number of phosphoric acid groups is 1. The molecular formula is C20H30N7O15P. The number of ether oxygens (including phenoxy) is 2. The van der Waals surface area contributed by atoms with Gasteiger partial charge < -0.3 is 56.1 Å². The first-order chi connectivity index (χ1) is 20.0. The lowest BCUT2D eigenvalue weighted by molar-refractivity contribution is -0.287. The first-order valence-electron chi connectivity index (χ1n) is 12.3. The highest BCUT2D eigenvalue weighted by Crippen LogP contribution is 2.51. The SMILES string of the molecule is CC(=O)N[C@H]1[C@H]([C@H](O)[C@H](O)CN=[N+]=[N-])O[C@@](OP(=O)(O)OC[C@H]2O[C@@H](n3ccc(N)nc3=O)[C@H](O)[C@@H]2O)(C(=O)O)C[C@@H]1O. The van der Waals surface area contributed by atoms with E-state index in [9.17, 15) is 54.5 Å². The summed E-state index contributed by atoms with van der Waals surface area (Å²) < 4.78 is 33.9. The average molecular weight is 639 g/mol. The number of phosphoric ester groups is 1. The predicted molar refractivity (Wildman–Crippen MR) is 135 cm³/mol. The summed E-state index contributed by atoms with van der Waals surface area (Å²) >= 11 is 0. The molecule has 3 rings (SSSR count). The lowest BCUT2D eigenvalue weighted by Gasteiger charge is -2.46. The van der Waals surface area contributed by atoms with Crippen LogP contribution < -0.4 is 16.7 Å². The number of carboxylic acid groups (broad SMARTS) is 1. The van der Waals surface area contributed by atoms with Gasteiger partial charge in [0.2, 0.25) is 5.91 Å². The number of carbonyl (C=O) groups is 2. The minimum Gasteiger partial charge on any atom is -0.477 e. The van der Waals surface area contributed by atoms with Crippen LogP contribution in [0.25, 0.3) is 10.4 Å². The first kappa shape index (κ1) is 34.3. The van der Waals surface area contributed by atoms with Crippen molar-refractivity contribution in [2.24, 2.45) is 5.11 Å². The summed E-state index contributed by atoms with van der Waals surface area (Å²) in [6, 6.07) is -0.390. The molecule has 23 heteroatoms. The van der Waals surface area contributed by atoms with Gasteiger partial charge in [-0.15, -0.1) is 0 Å². The van der Waals surface area contributed by atoms with Crippen LogP contribution in [0.15, 0.2) is 22.2 Å². The standard InChI is InChI=1S/C20H30N7O15P/c1-7(28)24-12-8(29)4-20(18(34)35,41-16(12)13(31)9(30)5-23-26-22)42-43(37,38)39-6-10-14(32)15(33)17(40-10)27-3-2-11(21)25-19(27)36/h2-3,8-10,12-17,29-33H,4-6H2,1H3,(H,24,28)(H,34,35)(H,37,38)(H2,21,25,36)/t8-,9+,10+,12+,13+,14+,15+,16+,17+,20-/m0/s1. The number of anilines is 1. The minimum absolute atomic E-state index is 0.140. The second-order valence-corrected chi connectivity index (χ2v) is 10.9. The van der Waals surface area contributed by atoms with E-state index in [2.05, 4.69) is 20.3 Å². The number of hydrogen-bond donors (Lipinski definition) is 9. The Morgan fingerprint density at radius 3 is 2.63 bits per heavy atom. The minimum atomic E-state index is -5.54. The van der Waals surface area contributed by atoms with Gasteiger partial charge in [0.05, 0.1) is 31.4 Å². The Morgan fingerprint density at radius 1 is 1.37 bits per heavy atom. The van der Waals surface area contributed by atoms with Gasteiger partial charge in [0, 0.05) is 24.5 Å². The zero-order valence-corrected chi connectivity index (χ0v) is 23.0. The van der Waals surface area contributed by atoms with Gasteiger partial charge in [-0.1, -0.05) is 5.11 Å². The molecule has 0 saturated carbocycles. The monoisotopic (exact) mass is 639 g/mol. The maximum Gasteiger partial charge on any atom is 0.475 e. The number of aliphatic hydroxyl groups excluding tert-OH is 5. The number of rotatable bonds is 12. The second kappa shape index (κ2) is 13.6. The van der Waals surface area contributed by atoms with Crippen molar-refractivity contribution in [3.05, 3.63) is 33.2 Å². The van der Waals surface area contributed by atoms with Gasteiger partial charge in [0.1, 0.15) is 36.3 Å². The van der Waals surface area contributed by atoms with E-state index in [-0.39, 0.29) is 5.82 Å². The number of azide groups is 1. The van der Waals surface area contributed by atoms with Crippen LogP contribution in [0.5, 0.6) is 0 Å². The molecule has 22 nitrogen and oxygen atoms in total. The molecule has 1 aromatic heterocycles. The highest BCUT2D eigenvalue weighted by molar-refractivity contribution is 7.47. The van der Waals surface area contributed by atoms with Crippen molar-refractivity contribution in [2.75, 3.05) is 18.9 Å². The van der Waals surface area contributed by atoms with E-state index in [1.165, 1.54) is 6.07 Å². The maximum atomic E-state index is 12.9. The predicted octanol–water partition coefficient (Wildman–Crippen LogP) is -3.95. The Labute approximate surface area is 240 Å². The number of nitrogen functional groups attached to an aromatic ring is 1. The van der Waals surface area contributed by atoms with Crippen molar-refractivity contribution in [1.29, 1.82) is 0 Å². The fourth-order valence-electron chi connectivity index (χ4n) is 4.44. The average Bonchev–Trinajstić information content (AvgIpc) is 3.19. The molecule has 240 valence electrons. The molecule has 2 aliphatic heterocycles. The van der Waals surface area contributed by atoms with Gasteiger partial charge in [-0.25, -0.2) is 18.7 Å². The molecule has 0 aliphatic carbocycles. The summed E-state index contributed by atoms with van der Waals surface area (Å²) in [5.74, 6) is -6.25. The fourth-order valence-corrected chi connectivity index (χ4v) is 5.39. The molecule has 1 amide bonds. The third-order valence-electron chi connectivity index (χ3n) is 6.46. The lowest BCUT2D eigenvalue weighted by atomic mass is 9.88. The smallest absolute Gasteiger partial charge is 0.475 e. The number of aromatic nitrogens is 2. The number of amides is 1. The molecule has 11 atom stereocenters. The molecule has 0 bridgehead atoms. The Morgan fingerprint density at radius 2 is 2.05 bits per heavy atom. The number of hydrogen-bond acceptors (Lipinski definition) is 16. The summed E-state index contributed by atoms with van der Waals surface area (Å²) in [6.07, 6.45) is -14.7. The summed E-state index contributed by atoms with van der Waals surface area (Å²) in [7, 11) is -5.54. The lowest BCUT2D eigenvalue weighted by Crippen LogP contribution is -2.67. The number of carbonyl (C=O) groups excluding carboxylic acids is 1. The summed E-state index contributed by atoms with van der Waals surface area (Å²) in [5, 5.41) is 67.3. The summed E-state index contributed by atoms with van der Waals surface area (Å²) in [4.78, 5) is 52.3. The third kappa shape index (κ3) is 7.84. The van der Waals surface area contributed by atoms with Crippen LogP contribution in [-0.2, 0) is 32.7 Å². The molecule has 43 heavy (non-hydrogen) atoms. The Bertz CT molecular complexity index is 1340. The van der Waals surface area contributed by atoms with Crippen molar-refractivity contribution in [1.82, 2.24) is 14.9 Å². The maximum absolute atomic E-state index is 12.9. The van der Waals surface area contributed by atoms with Crippen molar-refractivity contribution < 1.29 is 68.2 Å². The molecule has 2 aliphatic rings. The van der Waals surface area contributed by atoms with Gasteiger partial charge in [-0.2, -0.15) is 4.98 Å². The molecule has 0 aromatic carbocycles. The molecule has 0 spiro atoms. The van der Waals surface area contributed by atoms with Crippen LogP contribution in [0, 0.1) is 0 Å². The Kier molecular flexibility index (Phi) is 10.8. The zero-order chi connectivity index (χ0) is 32.3. The van der Waals surface area contributed by atoms with E-state index in [0.717, 1.165) is 17.7 Å². The first-order valence-corrected chi connectivity index (χ1v) is 13.8. The molecule has 2 fully saturated rings. The van der Waals surface area contributed by atoms with Crippen molar-refractivity contribution in [2.45, 2.75) is 74.1 Å². The topological polar surface area (TPSA) is 351 Å². The second-order valence-electron chi connectivity index (χ2n) is 9.55. The van der Waals surface area contributed by atoms with Crippen LogP contribution in [0.3, 0.4) is 0 Å². The number of aliphatic carboxylic acids is 1. The number of nitrogens with two attached hydrogens (primary N) is 1. The number of nitrogens with zero attached hydrogens (tertiary/aromatic N) is 5. The van der Waals surface area contributed by atoms with E-state index in [0.29, 0.717) is 0 Å². The van der Waals surface area contributed by atoms with Crippen LogP contribution in [0.4, 0.5) is 5.82 Å². The van der Waals surface area contributed by atoms with Crippen LogP contribution in [-0.4, -0.2) is 125 Å². The van der Waals surface area contributed by atoms with E-state index in [1.807, 2.05) is 0 Å². The van der Waals surface area contributed by atoms with Crippen molar-refractivity contribution in [3.63, 3.8) is 0 Å². The van der Waals surface area contributed by atoms with Gasteiger partial charge in [-0.05, 0) is 11.6 Å². The number of nitrogens with one attached hydrogen (secondary N) is 1. The van der Waals surface area contributed by atoms with Crippen LogP contribution in [0.2, 0.25) is 0 Å². The molecule has 3 heterocycles. The van der Waals surface area contributed by atoms with Gasteiger partial charge in [-0.3, -0.25) is 13.9 Å². The molecule has 1 aromatic rings. The van der Waals surface area contributed by atoms with Gasteiger partial charge in [0.15, 0.2) is 6.23 Å². The quantitative estimate of drug-likeness (QED) is 0.0456. The molecule has 1 unspecified atom stereocenters. The van der Waals surface area contributed by atoms with E-state index >= 15 is 0 Å². The number of aliphatic hydroxyl groups is 5. The van der Waals surface area contributed by atoms with Crippen LogP contribution in [0.1, 0.15) is 19.6 Å². The molecular weight excluding hydrogens is 609 g/mol. The number of carboxylic acids is 1. The van der Waals surface area contributed by atoms with Gasteiger partial charge >= 0.3 is 19.5 Å². The highest BCUT2D eigenvalue weighted by atomic mass is 31.2. The largest absolute Gasteiger partial charge is 0.477 e. The van der Waals surface area contributed by atoms with E-state index in [4.69, 9.17) is 29.8 Å². The van der Waals surface area contributed by atoms with Crippen molar-refractivity contribution in [3.8, 4) is 0 Å². The van der Waals surface area contributed by atoms with Gasteiger partial charge in [0.25, 0.3) is 5.79 Å². The fraction of sp³-hybridized carbons (Fsp3) is 0.700. The van der Waals surface area contributed by atoms with Crippen molar-refractivity contribution >= 4 is 25.5 Å². The molecule has 2 saturated heterocycles. The normalized spacial score (nSPS) is 33.5. The van der Waals surface area contributed by atoms with Crippen LogP contribution >= 0.6 is 7.82 Å². The Hall–Kier alpha value is -3.24. The highest BCUT2D eigenvalue weighted by Gasteiger charge is 2.59. The molecule has 0 radical (unpaired) electrons. The third-order valence-corrected chi connectivity index (χ3v) is 7.46. The summed E-state index contributed by atoms with van der Waals surface area (Å²) in [5.41, 5.74) is 12.9.